The monoisotopic (exact) mass is 419 g/mol. The van der Waals surface area contributed by atoms with Crippen LogP contribution >= 0.6 is 47.8 Å². The molecule has 0 radical (unpaired) electrons. The molecule has 2 aromatic rings. The Morgan fingerprint density at radius 2 is 1.82 bits per heavy atom. The van der Waals surface area contributed by atoms with E-state index in [-0.39, 0.29) is 0 Å². The van der Waals surface area contributed by atoms with Gasteiger partial charge in [0.2, 0.25) is 0 Å². The Kier molecular flexibility index (Phi) is 4.06. The van der Waals surface area contributed by atoms with Crippen molar-refractivity contribution in [2.75, 3.05) is 11.1 Å². The number of rotatable bonds is 2. The molecule has 1 aromatic carbocycles. The zero-order valence-corrected chi connectivity index (χ0v) is 13.3. The fourth-order valence-electron chi connectivity index (χ4n) is 1.26. The summed E-state index contributed by atoms with van der Waals surface area (Å²) in [7, 11) is 0. The largest absolute Gasteiger partial charge is 0.397 e. The lowest BCUT2D eigenvalue weighted by molar-refractivity contribution is 1.29. The number of pyridine rings is 1. The summed E-state index contributed by atoms with van der Waals surface area (Å²) in [6, 6.07) is 7.69. The molecule has 0 fully saturated rings. The molecule has 1 aromatic heterocycles. The van der Waals surface area contributed by atoms with Crippen LogP contribution in [-0.4, -0.2) is 4.98 Å². The molecule has 0 aliphatic carbocycles. The average molecular weight is 422 g/mol. The molecule has 1 heterocycles. The molecule has 0 spiro atoms. The molecule has 0 bridgehead atoms. The van der Waals surface area contributed by atoms with Gasteiger partial charge in [0.1, 0.15) is 5.82 Å². The number of halogens is 3. The topological polar surface area (TPSA) is 50.9 Å². The zero-order valence-electron chi connectivity index (χ0n) is 8.55. The molecule has 0 aliphatic heterocycles. The van der Waals surface area contributed by atoms with E-state index in [4.69, 9.17) is 5.73 Å². The van der Waals surface area contributed by atoms with Gasteiger partial charge in [-0.05, 0) is 56.1 Å². The number of nitrogens with two attached hydrogens (primary N) is 1. The summed E-state index contributed by atoms with van der Waals surface area (Å²) >= 11 is 10.3. The number of anilines is 3. The van der Waals surface area contributed by atoms with E-state index in [0.29, 0.717) is 5.69 Å². The van der Waals surface area contributed by atoms with Crippen molar-refractivity contribution >= 4 is 65.0 Å². The SMILES string of the molecule is Nc1cnc(Nc2ccc(Br)cc2Br)c(Br)c1. The summed E-state index contributed by atoms with van der Waals surface area (Å²) in [5, 5.41) is 3.21. The Bertz CT molecular complexity index is 508. The molecule has 0 aliphatic rings. The van der Waals surface area contributed by atoms with Gasteiger partial charge in [-0.2, -0.15) is 0 Å². The van der Waals surface area contributed by atoms with Gasteiger partial charge < -0.3 is 11.1 Å². The highest BCUT2D eigenvalue weighted by Crippen LogP contribution is 2.31. The number of nitrogens with zero attached hydrogens (tertiary/aromatic N) is 1. The van der Waals surface area contributed by atoms with Crippen LogP contribution in [0.4, 0.5) is 17.2 Å². The second-order valence-corrected chi connectivity index (χ2v) is 5.97. The Balaban J connectivity index is 2.31. The summed E-state index contributed by atoms with van der Waals surface area (Å²) < 4.78 is 2.80. The van der Waals surface area contributed by atoms with Gasteiger partial charge in [-0.3, -0.25) is 0 Å². The molecule has 17 heavy (non-hydrogen) atoms. The van der Waals surface area contributed by atoms with Gasteiger partial charge in [0.15, 0.2) is 0 Å². The fourth-order valence-corrected chi connectivity index (χ4v) is 2.88. The van der Waals surface area contributed by atoms with E-state index in [1.165, 1.54) is 0 Å². The second kappa shape index (κ2) is 5.37. The van der Waals surface area contributed by atoms with Crippen molar-refractivity contribution in [2.24, 2.45) is 0 Å². The maximum absolute atomic E-state index is 5.63. The van der Waals surface area contributed by atoms with E-state index in [0.717, 1.165) is 24.9 Å². The lowest BCUT2D eigenvalue weighted by Crippen LogP contribution is -1.97. The van der Waals surface area contributed by atoms with Gasteiger partial charge in [-0.25, -0.2) is 4.98 Å². The van der Waals surface area contributed by atoms with Crippen LogP contribution in [0.1, 0.15) is 0 Å². The first-order valence-corrected chi connectivity index (χ1v) is 7.07. The first-order chi connectivity index (χ1) is 8.06. The molecular weight excluding hydrogens is 414 g/mol. The normalized spacial score (nSPS) is 10.3. The summed E-state index contributed by atoms with van der Waals surface area (Å²) in [6.45, 7) is 0. The third kappa shape index (κ3) is 3.20. The maximum atomic E-state index is 5.63. The van der Waals surface area contributed by atoms with Crippen LogP contribution in [-0.2, 0) is 0 Å². The van der Waals surface area contributed by atoms with Crippen molar-refractivity contribution in [1.29, 1.82) is 0 Å². The third-order valence-electron chi connectivity index (χ3n) is 2.05. The molecule has 0 atom stereocenters. The Morgan fingerprint density at radius 3 is 2.47 bits per heavy atom. The van der Waals surface area contributed by atoms with E-state index < -0.39 is 0 Å². The van der Waals surface area contributed by atoms with Gasteiger partial charge in [-0.1, -0.05) is 15.9 Å². The summed E-state index contributed by atoms with van der Waals surface area (Å²) in [4.78, 5) is 4.22. The van der Waals surface area contributed by atoms with Crippen LogP contribution in [0.25, 0.3) is 0 Å². The minimum atomic E-state index is 0.622. The number of nitrogens with one attached hydrogen (secondary N) is 1. The molecule has 0 saturated heterocycles. The van der Waals surface area contributed by atoms with Crippen LogP contribution in [0.15, 0.2) is 43.9 Å². The van der Waals surface area contributed by atoms with Gasteiger partial charge >= 0.3 is 0 Å². The van der Waals surface area contributed by atoms with Crippen molar-refractivity contribution in [2.45, 2.75) is 0 Å². The van der Waals surface area contributed by atoms with E-state index >= 15 is 0 Å². The summed E-state index contributed by atoms with van der Waals surface area (Å²) in [5.41, 5.74) is 7.19. The zero-order chi connectivity index (χ0) is 12.4. The van der Waals surface area contributed by atoms with Gasteiger partial charge in [-0.15, -0.1) is 0 Å². The smallest absolute Gasteiger partial charge is 0.144 e. The molecule has 88 valence electrons. The number of benzene rings is 1. The van der Waals surface area contributed by atoms with Crippen LogP contribution < -0.4 is 11.1 Å². The van der Waals surface area contributed by atoms with E-state index in [1.54, 1.807) is 6.20 Å². The van der Waals surface area contributed by atoms with Gasteiger partial charge in [0, 0.05) is 8.95 Å². The summed E-state index contributed by atoms with van der Waals surface area (Å²) in [6.07, 6.45) is 1.61. The lowest BCUT2D eigenvalue weighted by Gasteiger charge is -2.10. The van der Waals surface area contributed by atoms with E-state index in [2.05, 4.69) is 58.1 Å². The van der Waals surface area contributed by atoms with E-state index in [9.17, 15) is 0 Å². The Morgan fingerprint density at radius 1 is 1.06 bits per heavy atom. The Labute approximate surface area is 124 Å². The minimum Gasteiger partial charge on any atom is -0.397 e. The number of hydrogen-bond acceptors (Lipinski definition) is 3. The second-order valence-electron chi connectivity index (χ2n) is 3.35. The van der Waals surface area contributed by atoms with Crippen molar-refractivity contribution in [1.82, 2.24) is 4.98 Å². The lowest BCUT2D eigenvalue weighted by atomic mass is 10.3. The quantitative estimate of drug-likeness (QED) is 0.739. The number of hydrogen-bond donors (Lipinski definition) is 2. The van der Waals surface area contributed by atoms with E-state index in [1.807, 2.05) is 24.3 Å². The van der Waals surface area contributed by atoms with Crippen molar-refractivity contribution < 1.29 is 0 Å². The van der Waals surface area contributed by atoms with Gasteiger partial charge in [0.05, 0.1) is 22.0 Å². The van der Waals surface area contributed by atoms with Crippen molar-refractivity contribution in [3.05, 3.63) is 43.9 Å². The van der Waals surface area contributed by atoms with Crippen molar-refractivity contribution in [3.63, 3.8) is 0 Å². The predicted molar refractivity (Wildman–Crippen MR) is 81.5 cm³/mol. The average Bonchev–Trinajstić information content (AvgIpc) is 2.25. The highest BCUT2D eigenvalue weighted by Gasteiger charge is 2.05. The highest BCUT2D eigenvalue weighted by atomic mass is 79.9. The van der Waals surface area contributed by atoms with Crippen LogP contribution in [0.3, 0.4) is 0 Å². The highest BCUT2D eigenvalue weighted by molar-refractivity contribution is 9.11. The fraction of sp³-hybridized carbons (Fsp3) is 0. The standard InChI is InChI=1S/C11H8Br3N3/c12-6-1-2-10(8(13)3-6)17-11-9(14)4-7(15)5-16-11/h1-5H,15H2,(H,16,17). The third-order valence-corrected chi connectivity index (χ3v) is 3.80. The summed E-state index contributed by atoms with van der Waals surface area (Å²) in [5.74, 6) is 0.724. The van der Waals surface area contributed by atoms with Crippen LogP contribution in [0.5, 0.6) is 0 Å². The molecule has 3 N–H and O–H groups in total. The van der Waals surface area contributed by atoms with Crippen LogP contribution in [0, 0.1) is 0 Å². The van der Waals surface area contributed by atoms with Crippen LogP contribution in [0.2, 0.25) is 0 Å². The molecule has 2 rings (SSSR count). The molecule has 0 saturated carbocycles. The molecular formula is C11H8Br3N3. The molecule has 0 unspecified atom stereocenters. The molecule has 6 heteroatoms. The molecule has 0 amide bonds. The predicted octanol–water partition coefficient (Wildman–Crippen LogP) is 4.69. The first kappa shape index (κ1) is 12.9. The number of nitrogen functional groups attached to an aromatic ring is 1. The Hall–Kier alpha value is -0.590. The molecule has 3 nitrogen and oxygen atoms in total. The van der Waals surface area contributed by atoms with Crippen molar-refractivity contribution in [3.8, 4) is 0 Å². The minimum absolute atomic E-state index is 0.622. The maximum Gasteiger partial charge on any atom is 0.144 e. The first-order valence-electron chi connectivity index (χ1n) is 4.69. The number of aromatic nitrogens is 1. The van der Waals surface area contributed by atoms with Gasteiger partial charge in [0.25, 0.3) is 0 Å².